The van der Waals surface area contributed by atoms with Crippen LogP contribution >= 0.6 is 0 Å². The Balaban J connectivity index is 1.63. The molecule has 0 aromatic heterocycles. The van der Waals surface area contributed by atoms with E-state index in [9.17, 15) is 19.7 Å². The molecule has 154 valence electrons. The van der Waals surface area contributed by atoms with Crippen LogP contribution in [0, 0.1) is 10.1 Å². The van der Waals surface area contributed by atoms with Crippen molar-refractivity contribution in [3.05, 3.63) is 33.9 Å². The largest absolute Gasteiger partial charge is 0.493 e. The molecule has 1 aromatic carbocycles. The molecule has 1 amide bonds. The molecule has 1 aliphatic rings. The lowest BCUT2D eigenvalue weighted by atomic mass is 9.94. The van der Waals surface area contributed by atoms with Crippen molar-refractivity contribution in [1.29, 1.82) is 0 Å². The van der Waals surface area contributed by atoms with E-state index in [1.165, 1.54) is 31.4 Å². The summed E-state index contributed by atoms with van der Waals surface area (Å²) in [5.41, 5.74) is -0.267. The van der Waals surface area contributed by atoms with Gasteiger partial charge in [-0.3, -0.25) is 19.7 Å². The van der Waals surface area contributed by atoms with E-state index in [0.29, 0.717) is 25.4 Å². The predicted octanol–water partition coefficient (Wildman–Crippen LogP) is 4.53. The minimum absolute atomic E-state index is 0.0242. The molecular formula is C21H30N2O5. The van der Waals surface area contributed by atoms with E-state index in [0.717, 1.165) is 38.5 Å². The van der Waals surface area contributed by atoms with E-state index < -0.39 is 4.92 Å². The van der Waals surface area contributed by atoms with Gasteiger partial charge in [0, 0.05) is 25.6 Å². The van der Waals surface area contributed by atoms with Gasteiger partial charge in [-0.05, 0) is 31.7 Å². The standard InChI is InChI=1S/C21H30N2O5/c1-22(17-10-5-4-6-11-17)21(25)14-7-2-3-8-15-28-20-13-9-12-19(23(26)27)18(20)16-24/h9,12-13,16-17H,2-8,10-11,14-15H2,1H3. The number of rotatable bonds is 11. The van der Waals surface area contributed by atoms with Crippen LogP contribution in [0.2, 0.25) is 0 Å². The molecule has 28 heavy (non-hydrogen) atoms. The number of amides is 1. The molecule has 7 nitrogen and oxygen atoms in total. The summed E-state index contributed by atoms with van der Waals surface area (Å²) >= 11 is 0. The van der Waals surface area contributed by atoms with Gasteiger partial charge in [0.15, 0.2) is 6.29 Å². The minimum atomic E-state index is -0.585. The summed E-state index contributed by atoms with van der Waals surface area (Å²) in [6.45, 7) is 0.387. The van der Waals surface area contributed by atoms with E-state index in [2.05, 4.69) is 0 Å². The number of nitrogens with zero attached hydrogens (tertiary/aromatic N) is 2. The highest BCUT2D eigenvalue weighted by atomic mass is 16.6. The average molecular weight is 390 g/mol. The van der Waals surface area contributed by atoms with E-state index in [4.69, 9.17) is 4.74 Å². The number of hydrogen-bond donors (Lipinski definition) is 0. The van der Waals surface area contributed by atoms with Gasteiger partial charge in [0.25, 0.3) is 5.69 Å². The molecule has 0 bridgehead atoms. The van der Waals surface area contributed by atoms with E-state index >= 15 is 0 Å². The minimum Gasteiger partial charge on any atom is -0.493 e. The van der Waals surface area contributed by atoms with Crippen LogP contribution in [0.1, 0.15) is 74.6 Å². The first-order valence-electron chi connectivity index (χ1n) is 10.2. The van der Waals surface area contributed by atoms with Gasteiger partial charge in [0.1, 0.15) is 11.3 Å². The molecule has 1 fully saturated rings. The monoisotopic (exact) mass is 390 g/mol. The molecule has 7 heteroatoms. The molecule has 0 N–H and O–H groups in total. The third-order valence-corrected chi connectivity index (χ3v) is 5.42. The number of ether oxygens (including phenoxy) is 1. The topological polar surface area (TPSA) is 89.8 Å². The highest BCUT2D eigenvalue weighted by Gasteiger charge is 2.21. The first-order chi connectivity index (χ1) is 13.5. The summed E-state index contributed by atoms with van der Waals surface area (Å²) in [7, 11) is 1.93. The number of unbranched alkanes of at least 4 members (excludes halogenated alkanes) is 3. The van der Waals surface area contributed by atoms with Crippen molar-refractivity contribution in [2.24, 2.45) is 0 Å². The van der Waals surface area contributed by atoms with Crippen molar-refractivity contribution in [1.82, 2.24) is 4.90 Å². The van der Waals surface area contributed by atoms with Crippen molar-refractivity contribution in [3.63, 3.8) is 0 Å². The van der Waals surface area contributed by atoms with Crippen molar-refractivity contribution in [3.8, 4) is 5.75 Å². The van der Waals surface area contributed by atoms with E-state index in [1.54, 1.807) is 6.07 Å². The molecule has 0 unspecified atom stereocenters. The average Bonchev–Trinajstić information content (AvgIpc) is 2.72. The van der Waals surface area contributed by atoms with Crippen LogP contribution in [0.25, 0.3) is 0 Å². The van der Waals surface area contributed by atoms with Crippen LogP contribution in [-0.4, -0.2) is 41.7 Å². The summed E-state index contributed by atoms with van der Waals surface area (Å²) in [6.07, 6.45) is 10.5. The van der Waals surface area contributed by atoms with Gasteiger partial charge in [-0.2, -0.15) is 0 Å². The van der Waals surface area contributed by atoms with E-state index in [-0.39, 0.29) is 22.9 Å². The summed E-state index contributed by atoms with van der Waals surface area (Å²) in [5, 5.41) is 10.9. The number of hydrogen-bond acceptors (Lipinski definition) is 5. The zero-order valence-corrected chi connectivity index (χ0v) is 16.6. The molecular weight excluding hydrogens is 360 g/mol. The molecule has 0 spiro atoms. The number of aldehydes is 1. The highest BCUT2D eigenvalue weighted by molar-refractivity contribution is 5.85. The van der Waals surface area contributed by atoms with Gasteiger partial charge in [-0.15, -0.1) is 0 Å². The van der Waals surface area contributed by atoms with Crippen molar-refractivity contribution in [2.45, 2.75) is 70.3 Å². The maximum Gasteiger partial charge on any atom is 0.283 e. The second kappa shape index (κ2) is 11.4. The van der Waals surface area contributed by atoms with Crippen LogP contribution in [0.4, 0.5) is 5.69 Å². The summed E-state index contributed by atoms with van der Waals surface area (Å²) in [5.74, 6) is 0.476. The predicted molar refractivity (Wildman–Crippen MR) is 107 cm³/mol. The van der Waals surface area contributed by atoms with Crippen LogP contribution in [0.15, 0.2) is 18.2 Å². The Morgan fingerprint density at radius 3 is 2.61 bits per heavy atom. The quantitative estimate of drug-likeness (QED) is 0.240. The Kier molecular flexibility index (Phi) is 8.91. The van der Waals surface area contributed by atoms with Gasteiger partial charge < -0.3 is 9.64 Å². The lowest BCUT2D eigenvalue weighted by Crippen LogP contribution is -2.38. The van der Waals surface area contributed by atoms with Crippen molar-refractivity contribution < 1.29 is 19.2 Å². The zero-order chi connectivity index (χ0) is 20.4. The Labute approximate surface area is 166 Å². The lowest BCUT2D eigenvalue weighted by molar-refractivity contribution is -0.385. The fourth-order valence-electron chi connectivity index (χ4n) is 3.70. The normalized spacial score (nSPS) is 14.5. The number of carbonyl (C=O) groups excluding carboxylic acids is 2. The fourth-order valence-corrected chi connectivity index (χ4v) is 3.70. The Morgan fingerprint density at radius 1 is 1.21 bits per heavy atom. The van der Waals surface area contributed by atoms with Crippen LogP contribution < -0.4 is 4.74 Å². The van der Waals surface area contributed by atoms with Gasteiger partial charge in [-0.1, -0.05) is 38.2 Å². The molecule has 1 aromatic rings. The Hall–Kier alpha value is -2.44. The number of nitro benzene ring substituents is 1. The van der Waals surface area contributed by atoms with Gasteiger partial charge in [0.2, 0.25) is 5.91 Å². The summed E-state index contributed by atoms with van der Waals surface area (Å²) < 4.78 is 5.55. The molecule has 2 rings (SSSR count). The van der Waals surface area contributed by atoms with Crippen LogP contribution in [0.5, 0.6) is 5.75 Å². The Bertz CT molecular complexity index is 671. The second-order valence-corrected chi connectivity index (χ2v) is 7.37. The van der Waals surface area contributed by atoms with Crippen LogP contribution in [0.3, 0.4) is 0 Å². The fraction of sp³-hybridized carbons (Fsp3) is 0.619. The molecule has 0 heterocycles. The number of benzene rings is 1. The Morgan fingerprint density at radius 2 is 1.93 bits per heavy atom. The first-order valence-corrected chi connectivity index (χ1v) is 10.2. The SMILES string of the molecule is CN(C(=O)CCCCCCOc1cccc([N+](=O)[O-])c1C=O)C1CCCCC1. The molecule has 0 radical (unpaired) electrons. The van der Waals surface area contributed by atoms with Gasteiger partial charge in [-0.25, -0.2) is 0 Å². The summed E-state index contributed by atoms with van der Waals surface area (Å²) in [6, 6.07) is 4.78. The third-order valence-electron chi connectivity index (χ3n) is 5.42. The third kappa shape index (κ3) is 6.32. The van der Waals surface area contributed by atoms with Crippen LogP contribution in [-0.2, 0) is 4.79 Å². The molecule has 0 saturated heterocycles. The second-order valence-electron chi connectivity index (χ2n) is 7.37. The van der Waals surface area contributed by atoms with Crippen molar-refractivity contribution in [2.75, 3.05) is 13.7 Å². The van der Waals surface area contributed by atoms with Crippen molar-refractivity contribution >= 4 is 17.9 Å². The maximum absolute atomic E-state index is 12.3. The smallest absolute Gasteiger partial charge is 0.283 e. The highest BCUT2D eigenvalue weighted by Crippen LogP contribution is 2.26. The lowest BCUT2D eigenvalue weighted by Gasteiger charge is -2.31. The molecule has 1 aliphatic carbocycles. The molecule has 1 saturated carbocycles. The first kappa shape index (κ1) is 21.9. The molecule has 0 atom stereocenters. The molecule has 0 aliphatic heterocycles. The maximum atomic E-state index is 12.3. The van der Waals surface area contributed by atoms with Gasteiger partial charge >= 0.3 is 0 Å². The zero-order valence-electron chi connectivity index (χ0n) is 16.6. The summed E-state index contributed by atoms with van der Waals surface area (Å²) in [4.78, 5) is 35.7. The number of nitro groups is 1. The number of carbonyl (C=O) groups is 2. The van der Waals surface area contributed by atoms with Gasteiger partial charge in [0.05, 0.1) is 11.5 Å². The van der Waals surface area contributed by atoms with E-state index in [1.807, 2.05) is 11.9 Å².